The molecule has 2 rings (SSSR count). The number of anilines is 1. The molecule has 108 valence electrons. The van der Waals surface area contributed by atoms with E-state index in [1.165, 1.54) is 12.1 Å². The Balaban J connectivity index is 2.03. The third-order valence-corrected chi connectivity index (χ3v) is 3.80. The molecule has 0 aliphatic carbocycles. The Hall–Kier alpha value is -1.49. The number of aromatic nitrogens is 2. The standard InChI is InChI=1S/C15H20FN3S/c1-15(2,3)10-19(4)14-18-17-13(20-14)9-11-5-7-12(16)8-6-11/h5-8H,9-10H2,1-4H3. The molecule has 0 saturated carbocycles. The van der Waals surface area contributed by atoms with E-state index >= 15 is 0 Å². The second kappa shape index (κ2) is 5.87. The minimum absolute atomic E-state index is 0.211. The first-order chi connectivity index (χ1) is 9.33. The van der Waals surface area contributed by atoms with E-state index in [0.29, 0.717) is 6.42 Å². The lowest BCUT2D eigenvalue weighted by atomic mass is 9.96. The van der Waals surface area contributed by atoms with Crippen molar-refractivity contribution in [2.45, 2.75) is 27.2 Å². The number of halogens is 1. The molecule has 0 aliphatic heterocycles. The van der Waals surface area contributed by atoms with Gasteiger partial charge < -0.3 is 4.90 Å². The molecule has 0 atom stereocenters. The van der Waals surface area contributed by atoms with Gasteiger partial charge in [-0.05, 0) is 23.1 Å². The Kier molecular flexibility index (Phi) is 4.38. The third-order valence-electron chi connectivity index (χ3n) is 2.76. The lowest BCUT2D eigenvalue weighted by molar-refractivity contribution is 0.418. The highest BCUT2D eigenvalue weighted by atomic mass is 32.1. The normalized spacial score (nSPS) is 11.7. The number of hydrogen-bond donors (Lipinski definition) is 0. The Morgan fingerprint density at radius 2 is 1.80 bits per heavy atom. The van der Waals surface area contributed by atoms with E-state index < -0.39 is 0 Å². The van der Waals surface area contributed by atoms with Gasteiger partial charge in [-0.3, -0.25) is 0 Å². The molecule has 1 aromatic carbocycles. The third kappa shape index (κ3) is 4.27. The molecule has 3 nitrogen and oxygen atoms in total. The van der Waals surface area contributed by atoms with Crippen LogP contribution in [0.4, 0.5) is 9.52 Å². The molecule has 0 unspecified atom stereocenters. The zero-order valence-corrected chi connectivity index (χ0v) is 13.2. The van der Waals surface area contributed by atoms with Gasteiger partial charge in [0.25, 0.3) is 0 Å². The molecule has 5 heteroatoms. The van der Waals surface area contributed by atoms with Crippen molar-refractivity contribution in [2.24, 2.45) is 5.41 Å². The maximum absolute atomic E-state index is 12.9. The Bertz CT molecular complexity index is 557. The van der Waals surface area contributed by atoms with Crippen LogP contribution >= 0.6 is 11.3 Å². The summed E-state index contributed by atoms with van der Waals surface area (Å²) in [5.74, 6) is -0.211. The predicted molar refractivity (Wildman–Crippen MR) is 81.8 cm³/mol. The molecule has 20 heavy (non-hydrogen) atoms. The van der Waals surface area contributed by atoms with Crippen LogP contribution in [0.3, 0.4) is 0 Å². The van der Waals surface area contributed by atoms with Crippen LogP contribution in [-0.2, 0) is 6.42 Å². The summed E-state index contributed by atoms with van der Waals surface area (Å²) < 4.78 is 12.9. The second-order valence-corrected chi connectivity index (χ2v) is 7.24. The molecule has 0 radical (unpaired) electrons. The second-order valence-electron chi connectivity index (χ2n) is 6.20. The quantitative estimate of drug-likeness (QED) is 0.859. The molecule has 0 saturated heterocycles. The van der Waals surface area contributed by atoms with Crippen molar-refractivity contribution in [1.29, 1.82) is 0 Å². The Morgan fingerprint density at radius 3 is 2.40 bits per heavy atom. The van der Waals surface area contributed by atoms with Gasteiger partial charge in [-0.25, -0.2) is 4.39 Å². The monoisotopic (exact) mass is 293 g/mol. The molecule has 0 N–H and O–H groups in total. The van der Waals surface area contributed by atoms with Crippen LogP contribution in [0.15, 0.2) is 24.3 Å². The van der Waals surface area contributed by atoms with E-state index in [9.17, 15) is 4.39 Å². The highest BCUT2D eigenvalue weighted by molar-refractivity contribution is 7.15. The molecule has 0 amide bonds. The first-order valence-corrected chi connectivity index (χ1v) is 7.43. The first-order valence-electron chi connectivity index (χ1n) is 6.61. The van der Waals surface area contributed by atoms with Gasteiger partial charge in [0.2, 0.25) is 5.13 Å². The van der Waals surface area contributed by atoms with Crippen LogP contribution in [0.1, 0.15) is 31.3 Å². The van der Waals surface area contributed by atoms with Crippen molar-refractivity contribution >= 4 is 16.5 Å². The molecular weight excluding hydrogens is 273 g/mol. The highest BCUT2D eigenvalue weighted by Gasteiger charge is 2.16. The van der Waals surface area contributed by atoms with E-state index in [1.807, 2.05) is 7.05 Å². The molecule has 0 aliphatic rings. The Labute approximate surface area is 123 Å². The van der Waals surface area contributed by atoms with Crippen molar-refractivity contribution < 1.29 is 4.39 Å². The van der Waals surface area contributed by atoms with Crippen molar-refractivity contribution in [3.05, 3.63) is 40.7 Å². The van der Waals surface area contributed by atoms with Crippen molar-refractivity contribution in [3.8, 4) is 0 Å². The van der Waals surface area contributed by atoms with E-state index in [2.05, 4.69) is 35.9 Å². The predicted octanol–water partition coefficient (Wildman–Crippen LogP) is 3.75. The summed E-state index contributed by atoms with van der Waals surface area (Å²) in [4.78, 5) is 2.13. The van der Waals surface area contributed by atoms with E-state index in [4.69, 9.17) is 0 Å². The lowest BCUT2D eigenvalue weighted by Crippen LogP contribution is -2.28. The maximum Gasteiger partial charge on any atom is 0.208 e. The summed E-state index contributed by atoms with van der Waals surface area (Å²) >= 11 is 1.59. The summed E-state index contributed by atoms with van der Waals surface area (Å²) in [6.45, 7) is 7.52. The van der Waals surface area contributed by atoms with E-state index in [-0.39, 0.29) is 11.2 Å². The minimum atomic E-state index is -0.211. The van der Waals surface area contributed by atoms with Crippen LogP contribution in [-0.4, -0.2) is 23.8 Å². The highest BCUT2D eigenvalue weighted by Crippen LogP contribution is 2.24. The van der Waals surface area contributed by atoms with Crippen LogP contribution in [0, 0.1) is 11.2 Å². The van der Waals surface area contributed by atoms with Crippen LogP contribution < -0.4 is 4.90 Å². The first kappa shape index (κ1) is 14.9. The summed E-state index contributed by atoms with van der Waals surface area (Å²) in [6.07, 6.45) is 0.696. The van der Waals surface area contributed by atoms with Gasteiger partial charge in [0.05, 0.1) is 0 Å². The molecule has 1 heterocycles. The lowest BCUT2D eigenvalue weighted by Gasteiger charge is -2.25. The van der Waals surface area contributed by atoms with Crippen LogP contribution in [0.2, 0.25) is 0 Å². The fourth-order valence-electron chi connectivity index (χ4n) is 2.03. The number of rotatable bonds is 4. The van der Waals surface area contributed by atoms with E-state index in [0.717, 1.165) is 22.2 Å². The van der Waals surface area contributed by atoms with Crippen LogP contribution in [0.5, 0.6) is 0 Å². The van der Waals surface area contributed by atoms with Gasteiger partial charge in [0.1, 0.15) is 10.8 Å². The van der Waals surface area contributed by atoms with Gasteiger partial charge in [-0.1, -0.05) is 44.2 Å². The van der Waals surface area contributed by atoms with Gasteiger partial charge in [-0.15, -0.1) is 10.2 Å². The molecule has 0 bridgehead atoms. The molecular formula is C15H20FN3S. The van der Waals surface area contributed by atoms with Gasteiger partial charge >= 0.3 is 0 Å². The SMILES string of the molecule is CN(CC(C)(C)C)c1nnc(Cc2ccc(F)cc2)s1. The fourth-order valence-corrected chi connectivity index (χ4v) is 2.86. The van der Waals surface area contributed by atoms with Crippen LogP contribution in [0.25, 0.3) is 0 Å². The zero-order chi connectivity index (χ0) is 14.8. The summed E-state index contributed by atoms with van der Waals surface area (Å²) in [7, 11) is 2.04. The number of benzene rings is 1. The van der Waals surface area contributed by atoms with Gasteiger partial charge in [-0.2, -0.15) is 0 Å². The minimum Gasteiger partial charge on any atom is -0.349 e. The average Bonchev–Trinajstić information content (AvgIpc) is 2.79. The smallest absolute Gasteiger partial charge is 0.208 e. The van der Waals surface area contributed by atoms with E-state index in [1.54, 1.807) is 23.5 Å². The Morgan fingerprint density at radius 1 is 1.15 bits per heavy atom. The summed E-state index contributed by atoms with van der Waals surface area (Å²) in [6, 6.07) is 6.52. The largest absolute Gasteiger partial charge is 0.349 e. The number of nitrogens with zero attached hydrogens (tertiary/aromatic N) is 3. The summed E-state index contributed by atoms with van der Waals surface area (Å²) in [5, 5.41) is 10.3. The maximum atomic E-state index is 12.9. The fraction of sp³-hybridized carbons (Fsp3) is 0.467. The summed E-state index contributed by atoms with van der Waals surface area (Å²) in [5.41, 5.74) is 1.27. The van der Waals surface area contributed by atoms with Crippen molar-refractivity contribution in [3.63, 3.8) is 0 Å². The van der Waals surface area contributed by atoms with Gasteiger partial charge in [0, 0.05) is 20.0 Å². The molecule has 0 spiro atoms. The van der Waals surface area contributed by atoms with Crippen molar-refractivity contribution in [2.75, 3.05) is 18.5 Å². The molecule has 2 aromatic rings. The molecule has 0 fully saturated rings. The van der Waals surface area contributed by atoms with Gasteiger partial charge in [0.15, 0.2) is 0 Å². The zero-order valence-electron chi connectivity index (χ0n) is 12.4. The number of hydrogen-bond acceptors (Lipinski definition) is 4. The topological polar surface area (TPSA) is 29.0 Å². The van der Waals surface area contributed by atoms with Crippen molar-refractivity contribution in [1.82, 2.24) is 10.2 Å². The average molecular weight is 293 g/mol. The molecule has 1 aromatic heterocycles.